The third-order valence-electron chi connectivity index (χ3n) is 7.31. The summed E-state index contributed by atoms with van der Waals surface area (Å²) >= 11 is 0. The molecule has 6 atom stereocenters. The zero-order valence-corrected chi connectivity index (χ0v) is 13.3. The molecule has 2 N–H and O–H groups in total. The normalized spacial score (nSPS) is 45.7. The lowest BCUT2D eigenvalue weighted by Crippen LogP contribution is -2.83. The van der Waals surface area contributed by atoms with E-state index in [1.165, 1.54) is 11.1 Å². The van der Waals surface area contributed by atoms with Crippen LogP contribution in [-0.2, 0) is 11.8 Å². The number of phenolic OH excluding ortho intramolecular Hbond substituents is 1. The Balaban J connectivity index is 1.85. The summed E-state index contributed by atoms with van der Waals surface area (Å²) in [6.07, 6.45) is 1.49. The first-order chi connectivity index (χ1) is 10.4. The number of nitrogens with zero attached hydrogens (tertiary/aromatic N) is 1. The van der Waals surface area contributed by atoms with Crippen LogP contribution in [0.5, 0.6) is 11.5 Å². The minimum absolute atomic E-state index is 0.112. The highest BCUT2D eigenvalue weighted by Crippen LogP contribution is 2.75. The maximum atomic E-state index is 10.7. The molecule has 4 heteroatoms. The molecular formula is C18H23NO3. The molecule has 4 aliphatic rings. The number of aromatic hydroxyl groups is 1. The lowest BCUT2D eigenvalue weighted by Gasteiger charge is -2.72. The average Bonchev–Trinajstić information content (AvgIpc) is 2.76. The highest BCUT2D eigenvalue weighted by molar-refractivity contribution is 5.64. The molecular weight excluding hydrogens is 278 g/mol. The fourth-order valence-electron chi connectivity index (χ4n) is 6.64. The second kappa shape index (κ2) is 3.62. The van der Waals surface area contributed by atoms with Crippen molar-refractivity contribution in [3.8, 4) is 11.5 Å². The van der Waals surface area contributed by atoms with E-state index in [-0.39, 0.29) is 11.2 Å². The third-order valence-corrected chi connectivity index (χ3v) is 7.31. The van der Waals surface area contributed by atoms with Gasteiger partial charge in [0.1, 0.15) is 5.60 Å². The first-order valence-corrected chi connectivity index (χ1v) is 8.38. The van der Waals surface area contributed by atoms with Gasteiger partial charge in [-0.05, 0) is 50.9 Å². The van der Waals surface area contributed by atoms with Gasteiger partial charge in [0, 0.05) is 22.9 Å². The fourth-order valence-corrected chi connectivity index (χ4v) is 6.64. The van der Waals surface area contributed by atoms with Gasteiger partial charge in [0.25, 0.3) is 0 Å². The molecule has 4 nitrogen and oxygen atoms in total. The number of ether oxygens (including phenoxy) is 1. The van der Waals surface area contributed by atoms with Crippen LogP contribution in [0.4, 0.5) is 0 Å². The van der Waals surface area contributed by atoms with E-state index in [9.17, 15) is 10.2 Å². The Morgan fingerprint density at radius 3 is 2.91 bits per heavy atom. The van der Waals surface area contributed by atoms with Gasteiger partial charge < -0.3 is 19.8 Å². The van der Waals surface area contributed by atoms with Crippen molar-refractivity contribution in [2.24, 2.45) is 11.8 Å². The van der Waals surface area contributed by atoms with Crippen LogP contribution < -0.4 is 4.74 Å². The van der Waals surface area contributed by atoms with Gasteiger partial charge in [-0.1, -0.05) is 13.0 Å². The van der Waals surface area contributed by atoms with Crippen LogP contribution in [0.15, 0.2) is 12.1 Å². The number of benzene rings is 1. The molecule has 2 fully saturated rings. The maximum absolute atomic E-state index is 10.7. The summed E-state index contributed by atoms with van der Waals surface area (Å²) in [4.78, 5) is 2.48. The van der Waals surface area contributed by atoms with Crippen molar-refractivity contribution in [1.29, 1.82) is 0 Å². The van der Waals surface area contributed by atoms with Gasteiger partial charge in [0.2, 0.25) is 0 Å². The number of phenols is 1. The van der Waals surface area contributed by atoms with Crippen molar-refractivity contribution >= 4 is 0 Å². The number of likely N-dealkylation sites (N-methyl/N-ethyl adjacent to an activating group) is 1. The van der Waals surface area contributed by atoms with E-state index in [4.69, 9.17) is 4.74 Å². The molecule has 1 saturated heterocycles. The van der Waals surface area contributed by atoms with Gasteiger partial charge in [-0.2, -0.15) is 0 Å². The summed E-state index contributed by atoms with van der Waals surface area (Å²) in [7, 11) is 2.22. The summed E-state index contributed by atoms with van der Waals surface area (Å²) in [6, 6.07) is 4.33. The Kier molecular flexibility index (Phi) is 2.17. The highest BCUT2D eigenvalue weighted by atomic mass is 16.5. The second-order valence-corrected chi connectivity index (χ2v) is 7.81. The summed E-state index contributed by atoms with van der Waals surface area (Å²) in [6.45, 7) is 5.10. The van der Waals surface area contributed by atoms with Crippen molar-refractivity contribution in [2.45, 2.75) is 49.9 Å². The van der Waals surface area contributed by atoms with Gasteiger partial charge in [0.05, 0.1) is 6.10 Å². The van der Waals surface area contributed by atoms with Crippen molar-refractivity contribution in [3.63, 3.8) is 0 Å². The Morgan fingerprint density at radius 2 is 2.18 bits per heavy atom. The molecule has 2 aliphatic heterocycles. The van der Waals surface area contributed by atoms with E-state index in [0.29, 0.717) is 23.6 Å². The second-order valence-electron chi connectivity index (χ2n) is 7.81. The van der Waals surface area contributed by atoms with Crippen molar-refractivity contribution < 1.29 is 14.9 Å². The zero-order chi connectivity index (χ0) is 15.4. The maximum Gasteiger partial charge on any atom is 0.166 e. The molecule has 0 aromatic heterocycles. The van der Waals surface area contributed by atoms with E-state index < -0.39 is 11.7 Å². The molecule has 5 unspecified atom stereocenters. The highest BCUT2D eigenvalue weighted by Gasteiger charge is 2.81. The third kappa shape index (κ3) is 1.03. The monoisotopic (exact) mass is 301 g/mol. The standard InChI is InChI=1S/C18H23NO3/c1-9-14-12-8-11-4-5-13(21)16-15(11)17(14,6-7-19(12)3)18(9,22-16)10(2)20/h4-5,9-10,12,14,20-21H,6-8H2,1-3H3/t9?,10-,12?,14?,17?,18?/m1/s1. The summed E-state index contributed by atoms with van der Waals surface area (Å²) < 4.78 is 6.38. The molecule has 0 radical (unpaired) electrons. The van der Waals surface area contributed by atoms with E-state index in [1.807, 2.05) is 6.92 Å². The van der Waals surface area contributed by atoms with Crippen molar-refractivity contribution in [3.05, 3.63) is 23.3 Å². The minimum Gasteiger partial charge on any atom is -0.504 e. The predicted molar refractivity (Wildman–Crippen MR) is 82.2 cm³/mol. The van der Waals surface area contributed by atoms with Gasteiger partial charge in [-0.3, -0.25) is 0 Å². The van der Waals surface area contributed by atoms with Crippen molar-refractivity contribution in [1.82, 2.24) is 4.90 Å². The van der Waals surface area contributed by atoms with Crippen molar-refractivity contribution in [2.75, 3.05) is 13.6 Å². The Morgan fingerprint density at radius 1 is 1.41 bits per heavy atom. The summed E-state index contributed by atoms with van der Waals surface area (Å²) in [5, 5.41) is 21.0. The summed E-state index contributed by atoms with van der Waals surface area (Å²) in [5.41, 5.74) is 1.84. The van der Waals surface area contributed by atoms with E-state index in [0.717, 1.165) is 19.4 Å². The first kappa shape index (κ1) is 13.2. The van der Waals surface area contributed by atoms with Crippen LogP contribution >= 0.6 is 0 Å². The smallest absolute Gasteiger partial charge is 0.166 e. The lowest BCUT2D eigenvalue weighted by molar-refractivity contribution is -0.258. The average molecular weight is 301 g/mol. The van der Waals surface area contributed by atoms with Gasteiger partial charge in [0.15, 0.2) is 11.5 Å². The van der Waals surface area contributed by atoms with Gasteiger partial charge in [-0.25, -0.2) is 0 Å². The molecule has 1 aromatic rings. The van der Waals surface area contributed by atoms with Crippen LogP contribution in [0.2, 0.25) is 0 Å². The largest absolute Gasteiger partial charge is 0.504 e. The number of hydrogen-bond donors (Lipinski definition) is 2. The number of hydrogen-bond acceptors (Lipinski definition) is 4. The van der Waals surface area contributed by atoms with Crippen LogP contribution in [-0.4, -0.2) is 46.5 Å². The SMILES string of the molecule is CC1C2C3Cc4ccc(O)c5c4C2(CCN3C)C1([C@@H](C)O)O5. The van der Waals surface area contributed by atoms with Gasteiger partial charge >= 0.3 is 0 Å². The number of aliphatic hydroxyl groups is 1. The molecule has 5 rings (SSSR count). The van der Waals surface area contributed by atoms with Crippen LogP contribution in [0, 0.1) is 11.8 Å². The zero-order valence-electron chi connectivity index (χ0n) is 13.3. The Hall–Kier alpha value is -1.26. The minimum atomic E-state index is -0.562. The van der Waals surface area contributed by atoms with E-state index in [1.54, 1.807) is 6.07 Å². The summed E-state index contributed by atoms with van der Waals surface area (Å²) in [5.74, 6) is 1.68. The number of likely N-dealkylation sites (tertiary alicyclic amines) is 1. The van der Waals surface area contributed by atoms with Crippen LogP contribution in [0.25, 0.3) is 0 Å². The number of piperidine rings is 1. The molecule has 1 aromatic carbocycles. The molecule has 118 valence electrons. The van der Waals surface area contributed by atoms with Crippen LogP contribution in [0.3, 0.4) is 0 Å². The lowest BCUT2D eigenvalue weighted by atomic mass is 9.35. The topological polar surface area (TPSA) is 52.9 Å². The molecule has 22 heavy (non-hydrogen) atoms. The Bertz CT molecular complexity index is 687. The van der Waals surface area contributed by atoms with E-state index in [2.05, 4.69) is 24.9 Å². The predicted octanol–water partition coefficient (Wildman–Crippen LogP) is 1.67. The van der Waals surface area contributed by atoms with E-state index >= 15 is 0 Å². The van der Waals surface area contributed by atoms with Gasteiger partial charge in [-0.15, -0.1) is 0 Å². The number of aliphatic hydroxyl groups excluding tert-OH is 1. The molecule has 2 bridgehead atoms. The van der Waals surface area contributed by atoms with Crippen LogP contribution in [0.1, 0.15) is 31.4 Å². The first-order valence-electron chi connectivity index (χ1n) is 8.38. The molecule has 2 heterocycles. The molecule has 2 aliphatic carbocycles. The fraction of sp³-hybridized carbons (Fsp3) is 0.667. The number of rotatable bonds is 1. The Labute approximate surface area is 130 Å². The quantitative estimate of drug-likeness (QED) is 0.828. The molecule has 1 spiro atoms. The molecule has 1 saturated carbocycles. The molecule has 0 amide bonds.